The molecule has 1 aliphatic heterocycles. The van der Waals surface area contributed by atoms with Gasteiger partial charge in [-0.1, -0.05) is 19.3 Å². The second kappa shape index (κ2) is 9.99. The first kappa shape index (κ1) is 20.0. The lowest BCUT2D eigenvalue weighted by Crippen LogP contribution is -2.39. The van der Waals surface area contributed by atoms with Gasteiger partial charge in [0.25, 0.3) is 0 Å². The molecule has 3 rings (SSSR count). The van der Waals surface area contributed by atoms with Gasteiger partial charge in [-0.25, -0.2) is 0 Å². The molecular formula is C20H29N3O3S. The van der Waals surface area contributed by atoms with Gasteiger partial charge in [-0.2, -0.15) is 11.8 Å². The maximum absolute atomic E-state index is 12.6. The molecule has 3 N–H and O–H groups in total. The molecule has 1 heterocycles. The summed E-state index contributed by atoms with van der Waals surface area (Å²) in [6, 6.07) is 5.57. The van der Waals surface area contributed by atoms with E-state index in [0.29, 0.717) is 23.5 Å². The third-order valence-electron chi connectivity index (χ3n) is 5.15. The van der Waals surface area contributed by atoms with Gasteiger partial charge < -0.3 is 20.7 Å². The largest absolute Gasteiger partial charge is 0.495 e. The highest BCUT2D eigenvalue weighted by molar-refractivity contribution is 7.99. The lowest BCUT2D eigenvalue weighted by Gasteiger charge is -2.23. The van der Waals surface area contributed by atoms with Crippen LogP contribution in [0, 0.1) is 5.92 Å². The molecule has 27 heavy (non-hydrogen) atoms. The number of hydrogen-bond donors (Lipinski definition) is 3. The lowest BCUT2D eigenvalue weighted by molar-refractivity contribution is -0.120. The van der Waals surface area contributed by atoms with E-state index in [2.05, 4.69) is 16.0 Å². The van der Waals surface area contributed by atoms with Crippen LogP contribution in [-0.4, -0.2) is 43.0 Å². The van der Waals surface area contributed by atoms with E-state index >= 15 is 0 Å². The molecule has 7 heteroatoms. The minimum atomic E-state index is -0.0234. The van der Waals surface area contributed by atoms with E-state index < -0.39 is 0 Å². The van der Waals surface area contributed by atoms with E-state index in [1.165, 1.54) is 6.42 Å². The highest BCUT2D eigenvalue weighted by Crippen LogP contribution is 2.30. The number of benzene rings is 1. The Kier molecular flexibility index (Phi) is 7.41. The molecule has 0 radical (unpaired) electrons. The van der Waals surface area contributed by atoms with Gasteiger partial charge >= 0.3 is 0 Å². The number of methoxy groups -OCH3 is 1. The summed E-state index contributed by atoms with van der Waals surface area (Å²) >= 11 is 1.87. The zero-order valence-corrected chi connectivity index (χ0v) is 16.7. The number of rotatable bonds is 6. The molecule has 0 spiro atoms. The van der Waals surface area contributed by atoms with Gasteiger partial charge in [0.2, 0.25) is 11.8 Å². The average molecular weight is 392 g/mol. The second-order valence-corrected chi connectivity index (χ2v) is 8.37. The first-order valence-corrected chi connectivity index (χ1v) is 10.9. The fourth-order valence-electron chi connectivity index (χ4n) is 3.67. The lowest BCUT2D eigenvalue weighted by atomic mass is 9.88. The van der Waals surface area contributed by atoms with Crippen molar-refractivity contribution in [2.45, 2.75) is 44.6 Å². The third-order valence-corrected chi connectivity index (χ3v) is 6.28. The molecule has 1 saturated carbocycles. The molecule has 1 aromatic rings. The van der Waals surface area contributed by atoms with Crippen molar-refractivity contribution in [1.29, 1.82) is 0 Å². The van der Waals surface area contributed by atoms with Gasteiger partial charge in [-0.05, 0) is 31.0 Å². The Morgan fingerprint density at radius 2 is 2.04 bits per heavy atom. The van der Waals surface area contributed by atoms with Crippen LogP contribution < -0.4 is 20.7 Å². The molecule has 1 unspecified atom stereocenters. The number of carbonyl (C=O) groups is 2. The van der Waals surface area contributed by atoms with Crippen LogP contribution in [0.4, 0.5) is 11.4 Å². The van der Waals surface area contributed by atoms with Crippen LogP contribution in [0.1, 0.15) is 38.5 Å². The normalized spacial score (nSPS) is 20.7. The Labute approximate surface area is 165 Å². The molecule has 1 saturated heterocycles. The van der Waals surface area contributed by atoms with E-state index in [-0.39, 0.29) is 23.8 Å². The Morgan fingerprint density at radius 1 is 1.22 bits per heavy atom. The van der Waals surface area contributed by atoms with E-state index in [0.717, 1.165) is 43.7 Å². The number of carbonyl (C=O) groups excluding carboxylic acids is 2. The van der Waals surface area contributed by atoms with Crippen molar-refractivity contribution in [1.82, 2.24) is 5.32 Å². The first-order valence-electron chi connectivity index (χ1n) is 9.75. The Balaban J connectivity index is 1.61. The maximum Gasteiger partial charge on any atom is 0.227 e. The fourth-order valence-corrected chi connectivity index (χ4v) is 4.62. The molecule has 2 fully saturated rings. The summed E-state index contributed by atoms with van der Waals surface area (Å²) in [6.45, 7) is 0.947. The van der Waals surface area contributed by atoms with Crippen molar-refractivity contribution in [3.63, 3.8) is 0 Å². The van der Waals surface area contributed by atoms with Gasteiger partial charge in [0, 0.05) is 42.1 Å². The van der Waals surface area contributed by atoms with Crippen LogP contribution in [0.15, 0.2) is 18.2 Å². The first-order chi connectivity index (χ1) is 13.2. The summed E-state index contributed by atoms with van der Waals surface area (Å²) in [7, 11) is 1.58. The molecule has 1 atom stereocenters. The third kappa shape index (κ3) is 5.87. The van der Waals surface area contributed by atoms with Gasteiger partial charge in [0.15, 0.2) is 0 Å². The number of hydrogen-bond acceptors (Lipinski definition) is 5. The Hall–Kier alpha value is -1.73. The van der Waals surface area contributed by atoms with E-state index in [1.807, 2.05) is 11.8 Å². The van der Waals surface area contributed by atoms with E-state index in [1.54, 1.807) is 25.3 Å². The predicted octanol–water partition coefficient (Wildman–Crippen LogP) is 3.25. The molecular weight excluding hydrogens is 362 g/mol. The van der Waals surface area contributed by atoms with Gasteiger partial charge in [-0.15, -0.1) is 0 Å². The molecule has 6 nitrogen and oxygen atoms in total. The van der Waals surface area contributed by atoms with Crippen molar-refractivity contribution in [2.75, 3.05) is 35.8 Å². The van der Waals surface area contributed by atoms with Crippen molar-refractivity contribution >= 4 is 35.0 Å². The number of nitrogens with one attached hydrogen (secondary N) is 3. The molecule has 2 amide bonds. The van der Waals surface area contributed by atoms with Crippen molar-refractivity contribution < 1.29 is 14.3 Å². The summed E-state index contributed by atoms with van der Waals surface area (Å²) < 4.78 is 5.37. The molecule has 2 aliphatic rings. The predicted molar refractivity (Wildman–Crippen MR) is 111 cm³/mol. The topological polar surface area (TPSA) is 79.5 Å². The summed E-state index contributed by atoms with van der Waals surface area (Å²) in [5.74, 6) is 2.74. The minimum absolute atomic E-state index is 0.0234. The van der Waals surface area contributed by atoms with Crippen LogP contribution >= 0.6 is 11.8 Å². The second-order valence-electron chi connectivity index (χ2n) is 7.22. The van der Waals surface area contributed by atoms with Gasteiger partial charge in [0.1, 0.15) is 5.75 Å². The molecule has 148 valence electrons. The van der Waals surface area contributed by atoms with Crippen LogP contribution in [0.3, 0.4) is 0 Å². The van der Waals surface area contributed by atoms with Gasteiger partial charge in [0.05, 0.1) is 12.8 Å². The Bertz CT molecular complexity index is 656. The van der Waals surface area contributed by atoms with Crippen molar-refractivity contribution in [3.8, 4) is 5.75 Å². The molecule has 1 aromatic carbocycles. The average Bonchev–Trinajstić information content (AvgIpc) is 2.69. The molecule has 1 aliphatic carbocycles. The van der Waals surface area contributed by atoms with Crippen LogP contribution in [0.2, 0.25) is 0 Å². The minimum Gasteiger partial charge on any atom is -0.495 e. The Morgan fingerprint density at radius 3 is 2.74 bits per heavy atom. The van der Waals surface area contributed by atoms with Crippen LogP contribution in [0.25, 0.3) is 0 Å². The van der Waals surface area contributed by atoms with Gasteiger partial charge in [-0.3, -0.25) is 9.59 Å². The zero-order chi connectivity index (χ0) is 19.1. The zero-order valence-electron chi connectivity index (χ0n) is 15.9. The fraction of sp³-hybridized carbons (Fsp3) is 0.600. The van der Waals surface area contributed by atoms with E-state index in [4.69, 9.17) is 4.74 Å². The molecule has 0 aromatic heterocycles. The maximum atomic E-state index is 12.6. The summed E-state index contributed by atoms with van der Waals surface area (Å²) in [5.41, 5.74) is 1.28. The van der Waals surface area contributed by atoms with Crippen molar-refractivity contribution in [3.05, 3.63) is 18.2 Å². The monoisotopic (exact) mass is 391 g/mol. The standard InChI is InChI=1S/C20H29N3O3S/c1-26-18-8-7-15(22-19(24)12-16-13-27-10-9-21-16)11-17(18)23-20(25)14-5-3-2-4-6-14/h7-8,11,14,16,21H,2-6,9-10,12-13H2,1H3,(H,22,24)(H,23,25). The molecule has 0 bridgehead atoms. The summed E-state index contributed by atoms with van der Waals surface area (Å²) in [6.07, 6.45) is 5.76. The number of thioether (sulfide) groups is 1. The van der Waals surface area contributed by atoms with E-state index in [9.17, 15) is 9.59 Å². The number of ether oxygens (including phenoxy) is 1. The van der Waals surface area contributed by atoms with Crippen molar-refractivity contribution in [2.24, 2.45) is 5.92 Å². The SMILES string of the molecule is COc1ccc(NC(=O)CC2CSCCN2)cc1NC(=O)C1CCCCC1. The number of anilines is 2. The van der Waals surface area contributed by atoms with Crippen LogP contribution in [0.5, 0.6) is 5.75 Å². The van der Waals surface area contributed by atoms with Crippen LogP contribution in [-0.2, 0) is 9.59 Å². The highest BCUT2D eigenvalue weighted by atomic mass is 32.2. The highest BCUT2D eigenvalue weighted by Gasteiger charge is 2.22. The summed E-state index contributed by atoms with van der Waals surface area (Å²) in [5, 5.41) is 9.30. The summed E-state index contributed by atoms with van der Waals surface area (Å²) in [4.78, 5) is 24.9. The number of amides is 2. The smallest absolute Gasteiger partial charge is 0.227 e. The quantitative estimate of drug-likeness (QED) is 0.694.